The largest absolute Gasteiger partial charge is 0.495 e. The van der Waals surface area contributed by atoms with Gasteiger partial charge in [-0.1, -0.05) is 25.0 Å². The molecule has 3 rings (SSSR count). The van der Waals surface area contributed by atoms with Crippen LogP contribution in [0.3, 0.4) is 0 Å². The van der Waals surface area contributed by atoms with E-state index in [9.17, 15) is 0 Å². The predicted octanol–water partition coefficient (Wildman–Crippen LogP) is 5.41. The van der Waals surface area contributed by atoms with Crippen molar-refractivity contribution in [2.75, 3.05) is 12.4 Å². The number of aryl methyl sites for hydroxylation is 1. The zero-order valence-electron chi connectivity index (χ0n) is 12.8. The molecule has 1 heterocycles. The number of benzene rings is 1. The highest BCUT2D eigenvalue weighted by molar-refractivity contribution is 7.10. The summed E-state index contributed by atoms with van der Waals surface area (Å²) in [5.74, 6) is 1.66. The molecule has 3 heteroatoms. The van der Waals surface area contributed by atoms with Crippen molar-refractivity contribution in [2.24, 2.45) is 5.92 Å². The molecule has 2 nitrogen and oxygen atoms in total. The smallest absolute Gasteiger partial charge is 0.141 e. The molecule has 1 aliphatic carbocycles. The molecule has 0 amide bonds. The highest BCUT2D eigenvalue weighted by Gasteiger charge is 2.27. The van der Waals surface area contributed by atoms with Crippen LogP contribution in [0.2, 0.25) is 0 Å². The van der Waals surface area contributed by atoms with Gasteiger partial charge in [-0.3, -0.25) is 0 Å². The van der Waals surface area contributed by atoms with E-state index in [0.29, 0.717) is 6.04 Å². The van der Waals surface area contributed by atoms with Gasteiger partial charge in [0, 0.05) is 4.88 Å². The van der Waals surface area contributed by atoms with Crippen molar-refractivity contribution in [1.29, 1.82) is 0 Å². The summed E-state index contributed by atoms with van der Waals surface area (Å²) in [6.45, 7) is 2.13. The summed E-state index contributed by atoms with van der Waals surface area (Å²) in [6.07, 6.45) is 5.37. The summed E-state index contributed by atoms with van der Waals surface area (Å²) in [5.41, 5.74) is 2.37. The second-order valence-corrected chi connectivity index (χ2v) is 6.86. The first-order chi connectivity index (χ1) is 10.3. The van der Waals surface area contributed by atoms with Crippen LogP contribution in [0.1, 0.15) is 42.2 Å². The van der Waals surface area contributed by atoms with Gasteiger partial charge in [0.2, 0.25) is 0 Å². The van der Waals surface area contributed by atoms with Crippen LogP contribution in [0, 0.1) is 12.8 Å². The van der Waals surface area contributed by atoms with Crippen LogP contribution < -0.4 is 10.1 Å². The van der Waals surface area contributed by atoms with Crippen LogP contribution >= 0.6 is 11.3 Å². The fourth-order valence-corrected chi connectivity index (χ4v) is 4.15. The average Bonchev–Trinajstić information content (AvgIpc) is 3.18. The minimum Gasteiger partial charge on any atom is -0.495 e. The number of nitrogens with one attached hydrogen (secondary N) is 1. The number of hydrogen-bond acceptors (Lipinski definition) is 3. The van der Waals surface area contributed by atoms with Gasteiger partial charge < -0.3 is 10.1 Å². The van der Waals surface area contributed by atoms with Crippen LogP contribution in [-0.4, -0.2) is 7.11 Å². The standard InChI is InChI=1S/C18H23NOS/c1-13-9-10-16(20-2)15(12-13)19-18(14-6-3-4-7-14)17-8-5-11-21-17/h5,8-12,14,18-19H,3-4,6-7H2,1-2H3. The molecule has 1 N–H and O–H groups in total. The number of ether oxygens (including phenoxy) is 1. The lowest BCUT2D eigenvalue weighted by Crippen LogP contribution is -2.18. The Bertz CT molecular complexity index is 573. The van der Waals surface area contributed by atoms with Crippen LogP contribution in [0.4, 0.5) is 5.69 Å². The van der Waals surface area contributed by atoms with Crippen LogP contribution in [0.15, 0.2) is 35.7 Å². The van der Waals surface area contributed by atoms with Gasteiger partial charge in [-0.15, -0.1) is 11.3 Å². The molecule has 0 bridgehead atoms. The lowest BCUT2D eigenvalue weighted by Gasteiger charge is -2.26. The Kier molecular flexibility index (Phi) is 4.49. The summed E-state index contributed by atoms with van der Waals surface area (Å²) < 4.78 is 5.52. The van der Waals surface area contributed by atoms with E-state index in [2.05, 4.69) is 48.0 Å². The molecule has 0 spiro atoms. The van der Waals surface area contributed by atoms with E-state index in [1.54, 1.807) is 7.11 Å². The molecule has 0 radical (unpaired) electrons. The molecule has 112 valence electrons. The summed E-state index contributed by atoms with van der Waals surface area (Å²) in [4.78, 5) is 1.44. The van der Waals surface area contributed by atoms with E-state index >= 15 is 0 Å². The molecular weight excluding hydrogens is 278 g/mol. The van der Waals surface area contributed by atoms with Crippen molar-refractivity contribution in [3.8, 4) is 5.75 Å². The molecule has 0 saturated heterocycles. The molecule has 1 saturated carbocycles. The Morgan fingerprint density at radius 1 is 1.24 bits per heavy atom. The van der Waals surface area contributed by atoms with Gasteiger partial charge in [-0.2, -0.15) is 0 Å². The first kappa shape index (κ1) is 14.5. The van der Waals surface area contributed by atoms with Gasteiger partial charge in [0.25, 0.3) is 0 Å². The topological polar surface area (TPSA) is 21.3 Å². The first-order valence-corrected chi connectivity index (χ1v) is 8.60. The number of thiophene rings is 1. The minimum atomic E-state index is 0.406. The van der Waals surface area contributed by atoms with Crippen molar-refractivity contribution in [3.63, 3.8) is 0 Å². The van der Waals surface area contributed by atoms with Crippen molar-refractivity contribution < 1.29 is 4.74 Å². The second-order valence-electron chi connectivity index (χ2n) is 5.89. The van der Waals surface area contributed by atoms with Gasteiger partial charge in [0.1, 0.15) is 5.75 Å². The molecule has 0 aliphatic heterocycles. The Hall–Kier alpha value is -1.48. The number of methoxy groups -OCH3 is 1. The third-order valence-corrected chi connectivity index (χ3v) is 5.34. The molecule has 2 aromatic rings. The molecule has 1 fully saturated rings. The number of anilines is 1. The van der Waals surface area contributed by atoms with E-state index in [1.165, 1.54) is 36.1 Å². The molecule has 1 aromatic carbocycles. The normalized spacial score (nSPS) is 16.9. The third-order valence-electron chi connectivity index (χ3n) is 4.39. The van der Waals surface area contributed by atoms with Gasteiger partial charge in [-0.05, 0) is 54.8 Å². The summed E-state index contributed by atoms with van der Waals surface area (Å²) in [7, 11) is 1.74. The van der Waals surface area contributed by atoms with Crippen LogP contribution in [-0.2, 0) is 0 Å². The van der Waals surface area contributed by atoms with Crippen LogP contribution in [0.25, 0.3) is 0 Å². The Labute approximate surface area is 131 Å². The zero-order chi connectivity index (χ0) is 14.7. The number of hydrogen-bond donors (Lipinski definition) is 1. The quantitative estimate of drug-likeness (QED) is 0.797. The monoisotopic (exact) mass is 301 g/mol. The van der Waals surface area contributed by atoms with E-state index < -0.39 is 0 Å². The van der Waals surface area contributed by atoms with Gasteiger partial charge >= 0.3 is 0 Å². The van der Waals surface area contributed by atoms with E-state index in [4.69, 9.17) is 4.74 Å². The van der Waals surface area contributed by atoms with Gasteiger partial charge in [-0.25, -0.2) is 0 Å². The van der Waals surface area contributed by atoms with Gasteiger partial charge in [0.05, 0.1) is 18.8 Å². The zero-order valence-corrected chi connectivity index (χ0v) is 13.6. The SMILES string of the molecule is COc1ccc(C)cc1NC(c1cccs1)C1CCCC1. The third kappa shape index (κ3) is 3.24. The fourth-order valence-electron chi connectivity index (χ4n) is 3.28. The molecule has 21 heavy (non-hydrogen) atoms. The lowest BCUT2D eigenvalue weighted by molar-refractivity contribution is 0.413. The van der Waals surface area contributed by atoms with E-state index in [1.807, 2.05) is 11.3 Å². The van der Waals surface area contributed by atoms with E-state index in [0.717, 1.165) is 17.4 Å². The molecule has 1 unspecified atom stereocenters. The summed E-state index contributed by atoms with van der Waals surface area (Å²) in [5, 5.41) is 5.94. The highest BCUT2D eigenvalue weighted by atomic mass is 32.1. The Balaban J connectivity index is 1.89. The lowest BCUT2D eigenvalue weighted by atomic mass is 9.96. The summed E-state index contributed by atoms with van der Waals surface area (Å²) >= 11 is 1.85. The average molecular weight is 301 g/mol. The maximum absolute atomic E-state index is 5.52. The minimum absolute atomic E-state index is 0.406. The fraction of sp³-hybridized carbons (Fsp3) is 0.444. The molecular formula is C18H23NOS. The molecule has 1 aromatic heterocycles. The molecule has 1 aliphatic rings. The van der Waals surface area contributed by atoms with Crippen molar-refractivity contribution in [3.05, 3.63) is 46.2 Å². The number of rotatable bonds is 5. The van der Waals surface area contributed by atoms with Crippen molar-refractivity contribution in [2.45, 2.75) is 38.6 Å². The van der Waals surface area contributed by atoms with Crippen LogP contribution in [0.5, 0.6) is 5.75 Å². The van der Waals surface area contributed by atoms with E-state index in [-0.39, 0.29) is 0 Å². The maximum Gasteiger partial charge on any atom is 0.141 e. The Morgan fingerprint density at radius 3 is 2.71 bits per heavy atom. The predicted molar refractivity (Wildman–Crippen MR) is 90.4 cm³/mol. The van der Waals surface area contributed by atoms with Gasteiger partial charge in [0.15, 0.2) is 0 Å². The van der Waals surface area contributed by atoms with Crippen molar-refractivity contribution in [1.82, 2.24) is 0 Å². The van der Waals surface area contributed by atoms with Crippen molar-refractivity contribution >= 4 is 17.0 Å². The highest BCUT2D eigenvalue weighted by Crippen LogP contribution is 2.41. The molecule has 1 atom stereocenters. The first-order valence-electron chi connectivity index (χ1n) is 7.72. The maximum atomic E-state index is 5.52. The summed E-state index contributed by atoms with van der Waals surface area (Å²) in [6, 6.07) is 11.1. The Morgan fingerprint density at radius 2 is 2.05 bits per heavy atom. The second kappa shape index (κ2) is 6.52.